The average molecular weight is 310 g/mol. The van der Waals surface area contributed by atoms with Crippen LogP contribution in [0.1, 0.15) is 50.2 Å². The number of ether oxygens (including phenoxy) is 1. The third-order valence-corrected chi connectivity index (χ3v) is 4.71. The molecule has 1 aromatic rings. The second-order valence-electron chi connectivity index (χ2n) is 6.56. The molecule has 1 fully saturated rings. The van der Waals surface area contributed by atoms with Crippen molar-refractivity contribution in [2.75, 3.05) is 24.2 Å². The summed E-state index contributed by atoms with van der Waals surface area (Å²) in [6.45, 7) is 9.21. The maximum Gasteiger partial charge on any atom is 0.178 e. The van der Waals surface area contributed by atoms with E-state index in [9.17, 15) is 4.79 Å². The number of anilines is 2. The summed E-state index contributed by atoms with van der Waals surface area (Å²) in [7, 11) is 2.03. The van der Waals surface area contributed by atoms with Crippen LogP contribution < -0.4 is 15.4 Å². The number of nitrogens with two attached hydrogens (primary N) is 1. The first kappa shape index (κ1) is 16.1. The van der Waals surface area contributed by atoms with Crippen LogP contribution in [-0.2, 0) is 0 Å². The summed E-state index contributed by atoms with van der Waals surface area (Å²) >= 11 is 1.48. The molecule has 118 valence electrons. The predicted octanol–water partition coefficient (Wildman–Crippen LogP) is 3.80. The van der Waals surface area contributed by atoms with Gasteiger partial charge in [-0.3, -0.25) is 4.79 Å². The number of nitrogen functional groups attached to an aromatic ring is 1. The molecule has 4 nitrogen and oxygen atoms in total. The van der Waals surface area contributed by atoms with Crippen LogP contribution in [0.25, 0.3) is 0 Å². The van der Waals surface area contributed by atoms with Gasteiger partial charge in [0, 0.05) is 19.5 Å². The Morgan fingerprint density at radius 3 is 2.48 bits per heavy atom. The normalized spacial score (nSPS) is 14.8. The highest BCUT2D eigenvalue weighted by molar-refractivity contribution is 7.19. The lowest BCUT2D eigenvalue weighted by molar-refractivity contribution is 0.0972. The Hall–Kier alpha value is -1.23. The van der Waals surface area contributed by atoms with E-state index < -0.39 is 0 Å². The van der Waals surface area contributed by atoms with Crippen LogP contribution in [0.2, 0.25) is 0 Å². The number of hydrogen-bond donors (Lipinski definition) is 1. The van der Waals surface area contributed by atoms with Gasteiger partial charge in [0.1, 0.15) is 5.00 Å². The van der Waals surface area contributed by atoms with Crippen molar-refractivity contribution in [2.24, 2.45) is 11.8 Å². The number of hydrogen-bond acceptors (Lipinski definition) is 5. The Morgan fingerprint density at radius 2 is 2.00 bits per heavy atom. The number of carbonyl (C=O) groups excluding carboxylic acids is 1. The summed E-state index contributed by atoms with van der Waals surface area (Å²) in [5, 5.41) is 0.971. The Kier molecular flexibility index (Phi) is 4.81. The third kappa shape index (κ3) is 3.70. The van der Waals surface area contributed by atoms with E-state index in [-0.39, 0.29) is 17.8 Å². The highest BCUT2D eigenvalue weighted by Gasteiger charge is 2.35. The van der Waals surface area contributed by atoms with Crippen molar-refractivity contribution < 1.29 is 9.53 Å². The van der Waals surface area contributed by atoms with E-state index in [1.54, 1.807) is 0 Å². The summed E-state index contributed by atoms with van der Waals surface area (Å²) in [6, 6.07) is 0. The highest BCUT2D eigenvalue weighted by Crippen LogP contribution is 2.48. The predicted molar refractivity (Wildman–Crippen MR) is 89.7 cm³/mol. The SMILES string of the molecule is CC(C)CN(C)c1sc(C(=O)C2CC2)c(N)c1OC(C)C. The van der Waals surface area contributed by atoms with Gasteiger partial charge in [0.2, 0.25) is 0 Å². The fourth-order valence-corrected chi connectivity index (χ4v) is 3.51. The average Bonchev–Trinajstić information content (AvgIpc) is 3.15. The Morgan fingerprint density at radius 1 is 1.38 bits per heavy atom. The van der Waals surface area contributed by atoms with Crippen molar-refractivity contribution in [3.05, 3.63) is 4.88 Å². The van der Waals surface area contributed by atoms with E-state index >= 15 is 0 Å². The number of nitrogens with zero attached hydrogens (tertiary/aromatic N) is 1. The zero-order valence-electron chi connectivity index (χ0n) is 13.6. The molecule has 0 unspecified atom stereocenters. The third-order valence-electron chi connectivity index (χ3n) is 3.39. The molecular formula is C16H26N2O2S. The molecule has 1 saturated carbocycles. The van der Waals surface area contributed by atoms with E-state index in [1.807, 2.05) is 20.9 Å². The fraction of sp³-hybridized carbons (Fsp3) is 0.688. The fourth-order valence-electron chi connectivity index (χ4n) is 2.36. The van der Waals surface area contributed by atoms with Crippen molar-refractivity contribution in [2.45, 2.75) is 46.6 Å². The summed E-state index contributed by atoms with van der Waals surface area (Å²) in [6.07, 6.45) is 2.03. The maximum absolute atomic E-state index is 12.4. The van der Waals surface area contributed by atoms with Gasteiger partial charge in [-0.15, -0.1) is 11.3 Å². The second-order valence-corrected chi connectivity index (χ2v) is 7.56. The lowest BCUT2D eigenvalue weighted by Crippen LogP contribution is -2.22. The maximum atomic E-state index is 12.4. The van der Waals surface area contributed by atoms with Crippen LogP contribution in [0.5, 0.6) is 5.75 Å². The molecule has 0 amide bonds. The van der Waals surface area contributed by atoms with Gasteiger partial charge in [-0.25, -0.2) is 0 Å². The van der Waals surface area contributed by atoms with Gasteiger partial charge in [0.05, 0.1) is 16.7 Å². The van der Waals surface area contributed by atoms with Gasteiger partial charge >= 0.3 is 0 Å². The molecule has 0 saturated heterocycles. The number of thiophene rings is 1. The van der Waals surface area contributed by atoms with Crippen LogP contribution in [0.4, 0.5) is 10.7 Å². The standard InChI is InChI=1S/C16H26N2O2S/c1-9(2)8-18(5)16-14(20-10(3)4)12(17)15(21-16)13(19)11-6-7-11/h9-11H,6-8,17H2,1-5H3. The Balaban J connectivity index is 2.36. The molecule has 2 rings (SSSR count). The topological polar surface area (TPSA) is 55.6 Å². The molecule has 1 heterocycles. The van der Waals surface area contributed by atoms with E-state index in [4.69, 9.17) is 10.5 Å². The molecule has 0 aliphatic heterocycles. The second kappa shape index (κ2) is 6.26. The van der Waals surface area contributed by atoms with Crippen molar-refractivity contribution in [1.82, 2.24) is 0 Å². The molecule has 0 aromatic carbocycles. The van der Waals surface area contributed by atoms with Crippen LogP contribution in [0.3, 0.4) is 0 Å². The molecule has 2 N–H and O–H groups in total. The summed E-state index contributed by atoms with van der Waals surface area (Å²) in [5.41, 5.74) is 6.75. The zero-order chi connectivity index (χ0) is 15.7. The van der Waals surface area contributed by atoms with Gasteiger partial charge in [0.25, 0.3) is 0 Å². The quantitative estimate of drug-likeness (QED) is 0.778. The smallest absolute Gasteiger partial charge is 0.178 e. The first-order chi connectivity index (χ1) is 9.81. The zero-order valence-corrected chi connectivity index (χ0v) is 14.4. The van der Waals surface area contributed by atoms with E-state index in [0.717, 1.165) is 24.4 Å². The van der Waals surface area contributed by atoms with E-state index in [0.29, 0.717) is 22.2 Å². The molecule has 0 atom stereocenters. The van der Waals surface area contributed by atoms with Crippen LogP contribution in [0, 0.1) is 11.8 Å². The minimum Gasteiger partial charge on any atom is -0.486 e. The largest absolute Gasteiger partial charge is 0.486 e. The van der Waals surface area contributed by atoms with Crippen molar-refractivity contribution in [1.29, 1.82) is 0 Å². The Bertz CT molecular complexity index is 519. The lowest BCUT2D eigenvalue weighted by Gasteiger charge is -2.22. The summed E-state index contributed by atoms with van der Waals surface area (Å²) in [5.74, 6) is 1.59. The number of ketones is 1. The van der Waals surface area contributed by atoms with Crippen LogP contribution in [0.15, 0.2) is 0 Å². The molecule has 0 bridgehead atoms. The van der Waals surface area contributed by atoms with Gasteiger partial charge in [-0.1, -0.05) is 13.8 Å². The lowest BCUT2D eigenvalue weighted by atomic mass is 10.2. The van der Waals surface area contributed by atoms with Gasteiger partial charge < -0.3 is 15.4 Å². The first-order valence-corrected chi connectivity index (χ1v) is 8.47. The van der Waals surface area contributed by atoms with Crippen molar-refractivity contribution in [3.63, 3.8) is 0 Å². The molecule has 21 heavy (non-hydrogen) atoms. The minimum absolute atomic E-state index is 0.0389. The molecule has 1 aromatic heterocycles. The summed E-state index contributed by atoms with van der Waals surface area (Å²) in [4.78, 5) is 15.2. The van der Waals surface area contributed by atoms with Crippen LogP contribution >= 0.6 is 11.3 Å². The van der Waals surface area contributed by atoms with Gasteiger partial charge in [0.15, 0.2) is 11.5 Å². The van der Waals surface area contributed by atoms with Gasteiger partial charge in [-0.2, -0.15) is 0 Å². The molecule has 0 spiro atoms. The molecule has 0 radical (unpaired) electrons. The molecule has 1 aliphatic rings. The van der Waals surface area contributed by atoms with E-state index in [2.05, 4.69) is 18.7 Å². The monoisotopic (exact) mass is 310 g/mol. The molecule has 5 heteroatoms. The van der Waals surface area contributed by atoms with Crippen molar-refractivity contribution >= 4 is 27.8 Å². The Labute approximate surface area is 131 Å². The number of carbonyl (C=O) groups is 1. The number of rotatable bonds is 7. The number of Topliss-reactive ketones (excluding diaryl/α,β-unsaturated/α-hetero) is 1. The summed E-state index contributed by atoms with van der Waals surface area (Å²) < 4.78 is 5.90. The van der Waals surface area contributed by atoms with Gasteiger partial charge in [-0.05, 0) is 32.6 Å². The first-order valence-electron chi connectivity index (χ1n) is 7.65. The highest BCUT2D eigenvalue weighted by atomic mass is 32.1. The molecular weight excluding hydrogens is 284 g/mol. The van der Waals surface area contributed by atoms with Crippen LogP contribution in [-0.4, -0.2) is 25.5 Å². The van der Waals surface area contributed by atoms with E-state index in [1.165, 1.54) is 11.3 Å². The minimum atomic E-state index is 0.0389. The molecule has 1 aliphatic carbocycles. The van der Waals surface area contributed by atoms with Crippen molar-refractivity contribution in [3.8, 4) is 5.75 Å².